The van der Waals surface area contributed by atoms with E-state index in [1.54, 1.807) is 0 Å². The summed E-state index contributed by atoms with van der Waals surface area (Å²) >= 11 is 2.93. The molecule has 0 aromatic heterocycles. The maximum absolute atomic E-state index is 13.5. The Morgan fingerprint density at radius 1 is 1.47 bits per heavy atom. The van der Waals surface area contributed by atoms with E-state index in [0.717, 1.165) is 0 Å². The first kappa shape index (κ1) is 10.5. The summed E-state index contributed by atoms with van der Waals surface area (Å²) in [5.41, 5.74) is -0.260. The van der Waals surface area contributed by atoms with E-state index in [1.165, 1.54) is 12.1 Å². The highest BCUT2D eigenvalue weighted by Crippen LogP contribution is 2.32. The number of aliphatic hydroxyl groups is 1. The van der Waals surface area contributed by atoms with E-state index < -0.39 is 24.0 Å². The molecule has 2 N–H and O–H groups in total. The Morgan fingerprint density at radius 3 is 2.80 bits per heavy atom. The van der Waals surface area contributed by atoms with Crippen molar-refractivity contribution in [1.82, 2.24) is 0 Å². The van der Waals surface area contributed by atoms with Crippen LogP contribution in [0.2, 0.25) is 0 Å². The van der Waals surface area contributed by atoms with E-state index in [2.05, 4.69) is 21.2 Å². The summed E-state index contributed by atoms with van der Waals surface area (Å²) in [5, 5.41) is 11.3. The molecule has 0 bridgehead atoms. The van der Waals surface area contributed by atoms with Crippen molar-refractivity contribution in [2.24, 2.45) is 0 Å². The quantitative estimate of drug-likeness (QED) is 0.761. The molecular formula is C9H6BrF2NO2. The lowest BCUT2D eigenvalue weighted by Crippen LogP contribution is -2.41. The van der Waals surface area contributed by atoms with Gasteiger partial charge in [0, 0.05) is 5.56 Å². The molecular weight excluding hydrogens is 272 g/mol. The number of Topliss-reactive ketones (excluding diaryl/α,β-unsaturated/α-hetero) is 1. The fourth-order valence-corrected chi connectivity index (χ4v) is 1.74. The monoisotopic (exact) mass is 277 g/mol. The Labute approximate surface area is 92.2 Å². The van der Waals surface area contributed by atoms with Gasteiger partial charge in [0.05, 0.1) is 10.2 Å². The van der Waals surface area contributed by atoms with Gasteiger partial charge >= 0.3 is 0 Å². The zero-order chi connectivity index (χ0) is 11.2. The molecule has 6 heteroatoms. The molecule has 0 spiro atoms. The second kappa shape index (κ2) is 3.53. The van der Waals surface area contributed by atoms with E-state index in [0.29, 0.717) is 0 Å². The van der Waals surface area contributed by atoms with Crippen molar-refractivity contribution in [3.05, 3.63) is 28.0 Å². The van der Waals surface area contributed by atoms with Crippen LogP contribution in [0, 0.1) is 5.82 Å². The minimum Gasteiger partial charge on any atom is -0.370 e. The first-order valence-electron chi connectivity index (χ1n) is 4.13. The summed E-state index contributed by atoms with van der Waals surface area (Å²) in [6.45, 7) is 0. The highest BCUT2D eigenvalue weighted by atomic mass is 79.9. The summed E-state index contributed by atoms with van der Waals surface area (Å²) in [4.78, 5) is 11.3. The molecule has 0 saturated carbocycles. The largest absolute Gasteiger partial charge is 0.370 e. The number of carbonyl (C=O) groups is 1. The molecule has 0 amide bonds. The first-order valence-corrected chi connectivity index (χ1v) is 4.92. The average molecular weight is 278 g/mol. The van der Waals surface area contributed by atoms with Gasteiger partial charge < -0.3 is 10.4 Å². The van der Waals surface area contributed by atoms with E-state index in [9.17, 15) is 13.6 Å². The number of hydrogen-bond acceptors (Lipinski definition) is 3. The fourth-order valence-electron chi connectivity index (χ4n) is 1.41. The summed E-state index contributed by atoms with van der Waals surface area (Å²) in [7, 11) is 0. The number of alkyl halides is 1. The van der Waals surface area contributed by atoms with Crippen LogP contribution < -0.4 is 5.32 Å². The van der Waals surface area contributed by atoms with Crippen LogP contribution in [-0.4, -0.2) is 23.3 Å². The Morgan fingerprint density at radius 2 is 2.13 bits per heavy atom. The molecule has 2 atom stereocenters. The van der Waals surface area contributed by atoms with E-state index >= 15 is 0 Å². The molecule has 1 aromatic carbocycles. The van der Waals surface area contributed by atoms with Crippen molar-refractivity contribution in [2.75, 3.05) is 5.32 Å². The average Bonchev–Trinajstić information content (AvgIpc) is 2.21. The predicted molar refractivity (Wildman–Crippen MR) is 53.0 cm³/mol. The van der Waals surface area contributed by atoms with Gasteiger partial charge in [-0.05, 0) is 28.1 Å². The molecule has 3 nitrogen and oxygen atoms in total. The number of ketones is 1. The van der Waals surface area contributed by atoms with E-state index in [4.69, 9.17) is 5.11 Å². The van der Waals surface area contributed by atoms with Crippen LogP contribution in [0.3, 0.4) is 0 Å². The van der Waals surface area contributed by atoms with Crippen molar-refractivity contribution in [1.29, 1.82) is 0 Å². The summed E-state index contributed by atoms with van der Waals surface area (Å²) in [5.74, 6) is -1.63. The maximum Gasteiger partial charge on any atom is 0.207 e. The Hall–Kier alpha value is -1.01. The predicted octanol–water partition coefficient (Wildman–Crippen LogP) is 1.85. The van der Waals surface area contributed by atoms with Gasteiger partial charge in [-0.15, -0.1) is 0 Å². The third-order valence-electron chi connectivity index (χ3n) is 2.18. The van der Waals surface area contributed by atoms with Crippen molar-refractivity contribution < 1.29 is 18.7 Å². The molecule has 0 aliphatic carbocycles. The van der Waals surface area contributed by atoms with Crippen LogP contribution in [-0.2, 0) is 0 Å². The van der Waals surface area contributed by atoms with Crippen LogP contribution >= 0.6 is 15.9 Å². The van der Waals surface area contributed by atoms with Gasteiger partial charge in [-0.3, -0.25) is 4.79 Å². The number of fused-ring (bicyclic) bond motifs is 1. The minimum absolute atomic E-state index is 0.0894. The maximum atomic E-state index is 13.5. The number of aliphatic hydroxyl groups excluding tert-OH is 1. The number of halogens is 3. The van der Waals surface area contributed by atoms with Crippen LogP contribution in [0.25, 0.3) is 0 Å². The second-order valence-corrected chi connectivity index (χ2v) is 3.99. The first-order chi connectivity index (χ1) is 7.02. The molecule has 1 aliphatic heterocycles. The Balaban J connectivity index is 2.60. The highest BCUT2D eigenvalue weighted by Gasteiger charge is 2.36. The van der Waals surface area contributed by atoms with E-state index in [1.807, 2.05) is 0 Å². The van der Waals surface area contributed by atoms with Gasteiger partial charge in [0.2, 0.25) is 12.0 Å². The van der Waals surface area contributed by atoms with Gasteiger partial charge in [-0.1, -0.05) is 0 Å². The molecule has 2 rings (SSSR count). The number of rotatable bonds is 0. The van der Waals surface area contributed by atoms with Crippen LogP contribution in [0.15, 0.2) is 16.6 Å². The molecule has 1 aromatic rings. The molecule has 0 saturated heterocycles. The molecule has 0 radical (unpaired) electrons. The van der Waals surface area contributed by atoms with Gasteiger partial charge in [0.25, 0.3) is 0 Å². The lowest BCUT2D eigenvalue weighted by molar-refractivity contribution is 0.0610. The van der Waals surface area contributed by atoms with E-state index in [-0.39, 0.29) is 15.7 Å². The normalized spacial score (nSPS) is 24.7. The smallest absolute Gasteiger partial charge is 0.207 e. The zero-order valence-electron chi connectivity index (χ0n) is 7.30. The van der Waals surface area contributed by atoms with Crippen molar-refractivity contribution in [3.8, 4) is 0 Å². The number of carbonyl (C=O) groups excluding carboxylic acids is 1. The van der Waals surface area contributed by atoms with Crippen molar-refractivity contribution in [2.45, 2.75) is 12.4 Å². The SMILES string of the molecule is O=C1c2ccc(Br)c(F)c2NC(O)C1F. The van der Waals surface area contributed by atoms with Crippen LogP contribution in [0.1, 0.15) is 10.4 Å². The number of hydrogen-bond donors (Lipinski definition) is 2. The van der Waals surface area contributed by atoms with Crippen molar-refractivity contribution in [3.63, 3.8) is 0 Å². The lowest BCUT2D eigenvalue weighted by atomic mass is 9.99. The molecule has 80 valence electrons. The fraction of sp³-hybridized carbons (Fsp3) is 0.222. The summed E-state index contributed by atoms with van der Waals surface area (Å²) in [6, 6.07) is 2.62. The van der Waals surface area contributed by atoms with Crippen LogP contribution in [0.5, 0.6) is 0 Å². The molecule has 1 heterocycles. The van der Waals surface area contributed by atoms with Crippen LogP contribution in [0.4, 0.5) is 14.5 Å². The third-order valence-corrected chi connectivity index (χ3v) is 2.79. The van der Waals surface area contributed by atoms with Gasteiger partial charge in [0.1, 0.15) is 0 Å². The number of anilines is 1. The van der Waals surface area contributed by atoms with Gasteiger partial charge in [0.15, 0.2) is 12.0 Å². The molecule has 1 aliphatic rings. The minimum atomic E-state index is -2.06. The number of nitrogens with one attached hydrogen (secondary N) is 1. The van der Waals surface area contributed by atoms with Gasteiger partial charge in [-0.25, -0.2) is 8.78 Å². The zero-order valence-corrected chi connectivity index (χ0v) is 8.88. The molecule has 15 heavy (non-hydrogen) atoms. The third kappa shape index (κ3) is 1.53. The summed E-state index contributed by atoms with van der Waals surface area (Å²) < 4.78 is 26.7. The summed E-state index contributed by atoms with van der Waals surface area (Å²) in [6.07, 6.45) is -3.76. The lowest BCUT2D eigenvalue weighted by Gasteiger charge is -2.25. The van der Waals surface area contributed by atoms with Crippen molar-refractivity contribution >= 4 is 27.4 Å². The van der Waals surface area contributed by atoms with Gasteiger partial charge in [-0.2, -0.15) is 0 Å². The standard InChI is InChI=1S/C9H6BrF2NO2/c10-4-2-1-3-7(5(4)11)13-9(15)6(12)8(3)14/h1-2,6,9,13,15H. The second-order valence-electron chi connectivity index (χ2n) is 3.14. The topological polar surface area (TPSA) is 49.3 Å². The number of benzene rings is 1. The highest BCUT2D eigenvalue weighted by molar-refractivity contribution is 9.10. The Bertz CT molecular complexity index is 438. The molecule has 2 unspecified atom stereocenters. The molecule has 0 fully saturated rings. The Kier molecular flexibility index (Phi) is 2.47.